The summed E-state index contributed by atoms with van der Waals surface area (Å²) >= 11 is 13.9. The first kappa shape index (κ1) is 20.0. The van der Waals surface area contributed by atoms with Crippen LogP contribution in [0.1, 0.15) is 10.4 Å². The smallest absolute Gasteiger partial charge is 0.340 e. The van der Waals surface area contributed by atoms with Crippen molar-refractivity contribution in [3.8, 4) is 11.3 Å². The number of esters is 1. The first-order chi connectivity index (χ1) is 12.9. The molecule has 0 aliphatic carbocycles. The van der Waals surface area contributed by atoms with Crippen LogP contribution in [-0.4, -0.2) is 23.5 Å². The average Bonchev–Trinajstić information content (AvgIpc) is 3.10. The number of thiazole rings is 1. The minimum atomic E-state index is -0.676. The molecule has 0 spiro atoms. The van der Waals surface area contributed by atoms with Gasteiger partial charge >= 0.3 is 5.97 Å². The van der Waals surface area contributed by atoms with Crippen LogP contribution in [0.3, 0.4) is 0 Å². The highest BCUT2D eigenvalue weighted by Crippen LogP contribution is 2.27. The number of hydrogen-bond donors (Lipinski definition) is 1. The SMILES string of the molecule is O=C(COC(=O)c1cc(Br)ccc1Cl)Nc1nc(-c2cccc(Br)c2)cs1. The average molecular weight is 531 g/mol. The zero-order valence-electron chi connectivity index (χ0n) is 13.5. The Morgan fingerprint density at radius 3 is 2.70 bits per heavy atom. The number of ether oxygens (including phenoxy) is 1. The van der Waals surface area contributed by atoms with Gasteiger partial charge in [0.05, 0.1) is 16.3 Å². The molecule has 1 heterocycles. The van der Waals surface area contributed by atoms with Gasteiger partial charge in [-0.15, -0.1) is 11.3 Å². The molecule has 27 heavy (non-hydrogen) atoms. The lowest BCUT2D eigenvalue weighted by molar-refractivity contribution is -0.119. The van der Waals surface area contributed by atoms with Crippen molar-refractivity contribution in [2.75, 3.05) is 11.9 Å². The summed E-state index contributed by atoms with van der Waals surface area (Å²) in [5, 5.41) is 5.13. The summed E-state index contributed by atoms with van der Waals surface area (Å²) in [6, 6.07) is 12.5. The molecule has 0 saturated carbocycles. The van der Waals surface area contributed by atoms with Crippen molar-refractivity contribution >= 4 is 71.8 Å². The third-order valence-electron chi connectivity index (χ3n) is 3.35. The van der Waals surface area contributed by atoms with E-state index in [1.54, 1.807) is 12.1 Å². The second-order valence-electron chi connectivity index (χ2n) is 5.30. The highest BCUT2D eigenvalue weighted by molar-refractivity contribution is 9.10. The Bertz CT molecular complexity index is 1010. The molecule has 5 nitrogen and oxygen atoms in total. The van der Waals surface area contributed by atoms with E-state index >= 15 is 0 Å². The first-order valence-electron chi connectivity index (χ1n) is 7.56. The van der Waals surface area contributed by atoms with E-state index < -0.39 is 18.5 Å². The second kappa shape index (κ2) is 8.97. The number of nitrogens with zero attached hydrogens (tertiary/aromatic N) is 1. The van der Waals surface area contributed by atoms with Gasteiger partial charge in [-0.05, 0) is 30.3 Å². The lowest BCUT2D eigenvalue weighted by Gasteiger charge is -2.06. The van der Waals surface area contributed by atoms with Gasteiger partial charge in [0.25, 0.3) is 5.91 Å². The molecule has 0 unspecified atom stereocenters. The van der Waals surface area contributed by atoms with E-state index in [1.165, 1.54) is 17.4 Å². The largest absolute Gasteiger partial charge is 0.452 e. The Morgan fingerprint density at radius 2 is 1.93 bits per heavy atom. The highest BCUT2D eigenvalue weighted by Gasteiger charge is 2.15. The van der Waals surface area contributed by atoms with E-state index in [0.717, 1.165) is 15.7 Å². The number of carbonyl (C=O) groups is 2. The molecule has 2 aromatic carbocycles. The molecule has 3 aromatic rings. The summed E-state index contributed by atoms with van der Waals surface area (Å²) in [7, 11) is 0. The summed E-state index contributed by atoms with van der Waals surface area (Å²) in [6.07, 6.45) is 0. The number of hydrogen-bond acceptors (Lipinski definition) is 5. The monoisotopic (exact) mass is 528 g/mol. The van der Waals surface area contributed by atoms with Crippen LogP contribution in [0.5, 0.6) is 0 Å². The Labute approximate surface area is 181 Å². The molecular weight excluding hydrogens is 520 g/mol. The second-order valence-corrected chi connectivity index (χ2v) is 8.39. The molecule has 1 N–H and O–H groups in total. The predicted octanol–water partition coefficient (Wildman–Crippen LogP) is 5.78. The minimum absolute atomic E-state index is 0.185. The highest BCUT2D eigenvalue weighted by atomic mass is 79.9. The normalized spacial score (nSPS) is 10.5. The van der Waals surface area contributed by atoms with Gasteiger partial charge in [0.2, 0.25) is 0 Å². The fourth-order valence-corrected chi connectivity index (χ4v) is 3.82. The lowest BCUT2D eigenvalue weighted by atomic mass is 10.2. The number of amides is 1. The van der Waals surface area contributed by atoms with Gasteiger partial charge in [-0.3, -0.25) is 10.1 Å². The van der Waals surface area contributed by atoms with Gasteiger partial charge in [0, 0.05) is 19.9 Å². The van der Waals surface area contributed by atoms with E-state index in [1.807, 2.05) is 29.6 Å². The minimum Gasteiger partial charge on any atom is -0.452 e. The number of aromatic nitrogens is 1. The molecule has 1 aromatic heterocycles. The third-order valence-corrected chi connectivity index (χ3v) is 5.43. The first-order valence-corrected chi connectivity index (χ1v) is 10.4. The van der Waals surface area contributed by atoms with E-state index in [2.05, 4.69) is 42.2 Å². The maximum atomic E-state index is 12.1. The molecular formula is C18H11Br2ClN2O3S. The summed E-state index contributed by atoms with van der Waals surface area (Å²) < 4.78 is 6.65. The van der Waals surface area contributed by atoms with E-state index in [9.17, 15) is 9.59 Å². The van der Waals surface area contributed by atoms with Crippen molar-refractivity contribution in [1.82, 2.24) is 4.98 Å². The third kappa shape index (κ3) is 5.38. The topological polar surface area (TPSA) is 68.3 Å². The number of anilines is 1. The molecule has 0 aliphatic rings. The van der Waals surface area contributed by atoms with E-state index in [0.29, 0.717) is 9.60 Å². The van der Waals surface area contributed by atoms with Crippen LogP contribution >= 0.6 is 54.8 Å². The van der Waals surface area contributed by atoms with Gasteiger partial charge < -0.3 is 4.74 Å². The van der Waals surface area contributed by atoms with Gasteiger partial charge in [-0.2, -0.15) is 0 Å². The van der Waals surface area contributed by atoms with E-state index in [-0.39, 0.29) is 10.6 Å². The molecule has 0 fully saturated rings. The van der Waals surface area contributed by atoms with Gasteiger partial charge in [0.15, 0.2) is 11.7 Å². The summed E-state index contributed by atoms with van der Waals surface area (Å²) in [5.41, 5.74) is 1.86. The number of nitrogens with one attached hydrogen (secondary N) is 1. The van der Waals surface area contributed by atoms with Crippen molar-refractivity contribution < 1.29 is 14.3 Å². The molecule has 1 amide bonds. The number of rotatable bonds is 5. The molecule has 0 aliphatic heterocycles. The fraction of sp³-hybridized carbons (Fsp3) is 0.0556. The van der Waals surface area contributed by atoms with E-state index in [4.69, 9.17) is 16.3 Å². The van der Waals surface area contributed by atoms with Gasteiger partial charge in [-0.25, -0.2) is 9.78 Å². The zero-order chi connectivity index (χ0) is 19.4. The Kier molecular flexibility index (Phi) is 6.64. The van der Waals surface area contributed by atoms with Crippen molar-refractivity contribution in [2.45, 2.75) is 0 Å². The lowest BCUT2D eigenvalue weighted by Crippen LogP contribution is -2.21. The van der Waals surface area contributed by atoms with Crippen LogP contribution in [0.2, 0.25) is 5.02 Å². The molecule has 0 atom stereocenters. The molecule has 0 saturated heterocycles. The fourth-order valence-electron chi connectivity index (χ4n) is 2.13. The van der Waals surface area contributed by atoms with Crippen molar-refractivity contribution in [3.05, 3.63) is 67.4 Å². The summed E-state index contributed by atoms with van der Waals surface area (Å²) in [6.45, 7) is -0.437. The quantitative estimate of drug-likeness (QED) is 0.425. The van der Waals surface area contributed by atoms with Crippen LogP contribution in [-0.2, 0) is 9.53 Å². The maximum absolute atomic E-state index is 12.1. The number of halogens is 3. The molecule has 0 bridgehead atoms. The molecule has 9 heteroatoms. The number of benzene rings is 2. The summed E-state index contributed by atoms with van der Waals surface area (Å²) in [5.74, 6) is -1.16. The maximum Gasteiger partial charge on any atom is 0.340 e. The van der Waals surface area contributed by atoms with Crippen molar-refractivity contribution in [1.29, 1.82) is 0 Å². The Morgan fingerprint density at radius 1 is 1.15 bits per heavy atom. The summed E-state index contributed by atoms with van der Waals surface area (Å²) in [4.78, 5) is 28.5. The number of carbonyl (C=O) groups excluding carboxylic acids is 2. The van der Waals surface area contributed by atoms with Crippen LogP contribution in [0.4, 0.5) is 5.13 Å². The predicted molar refractivity (Wildman–Crippen MR) is 113 cm³/mol. The Hall–Kier alpha value is -1.74. The van der Waals surface area contributed by atoms with Crippen LogP contribution in [0.15, 0.2) is 56.8 Å². The van der Waals surface area contributed by atoms with Crippen molar-refractivity contribution in [2.24, 2.45) is 0 Å². The molecule has 3 rings (SSSR count). The molecule has 138 valence electrons. The van der Waals surface area contributed by atoms with Crippen LogP contribution < -0.4 is 5.32 Å². The van der Waals surface area contributed by atoms with Gasteiger partial charge in [0.1, 0.15) is 0 Å². The van der Waals surface area contributed by atoms with Gasteiger partial charge in [-0.1, -0.05) is 55.6 Å². The van der Waals surface area contributed by atoms with Crippen LogP contribution in [0.25, 0.3) is 11.3 Å². The zero-order valence-corrected chi connectivity index (χ0v) is 18.3. The molecule has 0 radical (unpaired) electrons. The Balaban J connectivity index is 1.58. The van der Waals surface area contributed by atoms with Crippen LogP contribution in [0, 0.1) is 0 Å². The standard InChI is InChI=1S/C18H11Br2ClN2O3S/c19-11-3-1-2-10(6-11)15-9-27-18(22-15)23-16(24)8-26-17(25)13-7-12(20)4-5-14(13)21/h1-7,9H,8H2,(H,22,23,24). The van der Waals surface area contributed by atoms with Crippen molar-refractivity contribution in [3.63, 3.8) is 0 Å².